The number of methoxy groups -OCH3 is 2. The average molecular weight is 482 g/mol. The van der Waals surface area contributed by atoms with E-state index in [0.29, 0.717) is 33.6 Å². The minimum Gasteiger partial charge on any atom is -0.497 e. The van der Waals surface area contributed by atoms with Crippen molar-refractivity contribution in [2.24, 2.45) is 0 Å². The molecule has 1 aromatic heterocycles. The molecule has 4 rings (SSSR count). The summed E-state index contributed by atoms with van der Waals surface area (Å²) in [5.74, 6) is 0.780. The fourth-order valence-corrected chi connectivity index (χ4v) is 4.21. The van der Waals surface area contributed by atoms with Gasteiger partial charge in [0.2, 0.25) is 5.89 Å². The van der Waals surface area contributed by atoms with Crippen molar-refractivity contribution in [2.45, 2.75) is 18.3 Å². The van der Waals surface area contributed by atoms with Crippen LogP contribution in [0.5, 0.6) is 11.5 Å². The van der Waals surface area contributed by atoms with Crippen LogP contribution >= 0.6 is 0 Å². The zero-order valence-corrected chi connectivity index (χ0v) is 19.7. The molecule has 0 aliphatic carbocycles. The van der Waals surface area contributed by atoms with E-state index in [2.05, 4.69) is 0 Å². The van der Waals surface area contributed by atoms with Gasteiger partial charge in [-0.2, -0.15) is 0 Å². The lowest BCUT2D eigenvalue weighted by molar-refractivity contribution is -0.147. The van der Waals surface area contributed by atoms with Crippen LogP contribution in [0, 0.1) is 0 Å². The van der Waals surface area contributed by atoms with Crippen LogP contribution in [-0.2, 0) is 10.2 Å². The Kier molecular flexibility index (Phi) is 6.65. The molecule has 0 spiro atoms. The number of oxazole rings is 1. The molecule has 2 heterocycles. The van der Waals surface area contributed by atoms with Crippen LogP contribution in [0.2, 0.25) is 0 Å². The number of likely N-dealkylation sites (tertiary alicyclic amines) is 1. The van der Waals surface area contributed by atoms with E-state index in [0.717, 1.165) is 5.56 Å². The van der Waals surface area contributed by atoms with E-state index in [1.807, 2.05) is 24.3 Å². The number of amides is 2. The highest BCUT2D eigenvalue weighted by Gasteiger charge is 2.49. The molecule has 0 bridgehead atoms. The van der Waals surface area contributed by atoms with E-state index in [1.54, 1.807) is 38.5 Å². The Morgan fingerprint density at radius 1 is 0.971 bits per heavy atom. The second kappa shape index (κ2) is 9.67. The van der Waals surface area contributed by atoms with Gasteiger partial charge in [0.25, 0.3) is 0 Å². The Bertz CT molecular complexity index is 1130. The number of benzene rings is 2. The van der Waals surface area contributed by atoms with Crippen molar-refractivity contribution in [1.29, 1.82) is 0 Å². The number of hydrogen-bond donors (Lipinski definition) is 2. The van der Waals surface area contributed by atoms with Crippen LogP contribution in [0.4, 0.5) is 4.79 Å². The highest BCUT2D eigenvalue weighted by atomic mass is 16.5. The first-order valence-electron chi connectivity index (χ1n) is 11.0. The third kappa shape index (κ3) is 4.52. The Morgan fingerprint density at radius 2 is 1.49 bits per heavy atom. The highest BCUT2D eigenvalue weighted by molar-refractivity contribution is 5.83. The summed E-state index contributed by atoms with van der Waals surface area (Å²) in [6.07, 6.45) is 0.180. The number of ether oxygens (including phenoxy) is 2. The topological polar surface area (TPSA) is 126 Å². The number of aliphatic carboxylic acids is 1. The maximum absolute atomic E-state index is 12.6. The van der Waals surface area contributed by atoms with Crippen LogP contribution in [0.1, 0.15) is 18.7 Å². The smallest absolute Gasteiger partial charge is 0.343 e. The van der Waals surface area contributed by atoms with E-state index in [-0.39, 0.29) is 31.8 Å². The molecule has 2 N–H and O–H groups in total. The molecule has 1 saturated heterocycles. The molecule has 1 aliphatic heterocycles. The summed E-state index contributed by atoms with van der Waals surface area (Å²) in [6.45, 7) is 0.266. The number of rotatable bonds is 6. The third-order valence-electron chi connectivity index (χ3n) is 6.33. The molecule has 1 fully saturated rings. The van der Waals surface area contributed by atoms with Gasteiger partial charge in [0.15, 0.2) is 5.76 Å². The van der Waals surface area contributed by atoms with Gasteiger partial charge in [0.1, 0.15) is 22.6 Å². The maximum Gasteiger partial charge on any atom is 0.343 e. The zero-order chi connectivity index (χ0) is 25.2. The number of hydroxylamine groups is 2. The molecule has 35 heavy (non-hydrogen) atoms. The first-order chi connectivity index (χ1) is 16.8. The number of hydrogen-bond acceptors (Lipinski definition) is 7. The van der Waals surface area contributed by atoms with E-state index in [4.69, 9.17) is 18.9 Å². The van der Waals surface area contributed by atoms with Crippen molar-refractivity contribution in [2.75, 3.05) is 34.4 Å². The molecule has 0 atom stereocenters. The fourth-order valence-electron chi connectivity index (χ4n) is 4.21. The molecule has 0 saturated carbocycles. The van der Waals surface area contributed by atoms with Crippen LogP contribution in [0.15, 0.2) is 52.9 Å². The number of aromatic nitrogens is 1. The minimum atomic E-state index is -1.42. The van der Waals surface area contributed by atoms with Crippen molar-refractivity contribution in [3.05, 3.63) is 54.4 Å². The molecule has 3 aromatic rings. The SMILES string of the molecule is COc1ccc(-c2nc(C3(C(=O)O)CCN(C(=O)N(C)O)CC3)oc2-c2ccc(OC)cc2)cc1. The lowest BCUT2D eigenvalue weighted by atomic mass is 9.78. The number of nitrogens with zero attached hydrogens (tertiary/aromatic N) is 3. The minimum absolute atomic E-state index is 0.0751. The van der Waals surface area contributed by atoms with Crippen LogP contribution in [0.3, 0.4) is 0 Å². The molecule has 2 aromatic carbocycles. The van der Waals surface area contributed by atoms with Gasteiger partial charge in [-0.1, -0.05) is 0 Å². The molecule has 10 heteroatoms. The number of piperidine rings is 1. The van der Waals surface area contributed by atoms with Gasteiger partial charge in [0.05, 0.1) is 14.2 Å². The molecular weight excluding hydrogens is 454 g/mol. The van der Waals surface area contributed by atoms with Gasteiger partial charge in [0, 0.05) is 31.3 Å². The maximum atomic E-state index is 12.6. The monoisotopic (exact) mass is 481 g/mol. The summed E-state index contributed by atoms with van der Waals surface area (Å²) in [6, 6.07) is 13.9. The first kappa shape index (κ1) is 24.1. The Labute approximate surface area is 202 Å². The summed E-state index contributed by atoms with van der Waals surface area (Å²) in [5, 5.41) is 20.2. The quantitative estimate of drug-likeness (QED) is 0.401. The predicted octanol–water partition coefficient (Wildman–Crippen LogP) is 3.89. The summed E-state index contributed by atoms with van der Waals surface area (Å²) in [5.41, 5.74) is 0.533. The molecular formula is C25H27N3O7. The molecule has 184 valence electrons. The standard InChI is InChI=1S/C25H27N3O7/c1-27(32)24(31)28-14-12-25(13-15-28,23(29)30)22-26-20(16-4-8-18(33-2)9-5-16)21(35-22)17-6-10-19(34-3)11-7-17/h4-11,32H,12-15H2,1-3H3,(H,29,30). The number of carboxylic acids is 1. The normalized spacial score (nSPS) is 14.9. The summed E-state index contributed by atoms with van der Waals surface area (Å²) in [4.78, 5) is 30.8. The van der Waals surface area contributed by atoms with Crippen molar-refractivity contribution in [3.63, 3.8) is 0 Å². The van der Waals surface area contributed by atoms with Gasteiger partial charge in [-0.3, -0.25) is 10.0 Å². The number of carboxylic acid groups (broad SMARTS) is 1. The van der Waals surface area contributed by atoms with E-state index in [9.17, 15) is 19.9 Å². The first-order valence-corrected chi connectivity index (χ1v) is 11.0. The molecule has 10 nitrogen and oxygen atoms in total. The second-order valence-corrected chi connectivity index (χ2v) is 8.33. The molecule has 2 amide bonds. The zero-order valence-electron chi connectivity index (χ0n) is 19.7. The Morgan fingerprint density at radius 3 is 1.94 bits per heavy atom. The third-order valence-corrected chi connectivity index (χ3v) is 6.33. The van der Waals surface area contributed by atoms with Gasteiger partial charge in [-0.15, -0.1) is 0 Å². The lowest BCUT2D eigenvalue weighted by Gasteiger charge is -2.37. The van der Waals surface area contributed by atoms with Gasteiger partial charge < -0.3 is 23.9 Å². The summed E-state index contributed by atoms with van der Waals surface area (Å²) in [7, 11) is 4.39. The second-order valence-electron chi connectivity index (χ2n) is 8.33. The molecule has 0 radical (unpaired) electrons. The fraction of sp³-hybridized carbons (Fsp3) is 0.320. The largest absolute Gasteiger partial charge is 0.497 e. The Hall–Kier alpha value is -4.05. The predicted molar refractivity (Wildman–Crippen MR) is 126 cm³/mol. The number of carbonyl (C=O) groups is 2. The summed E-state index contributed by atoms with van der Waals surface area (Å²) >= 11 is 0. The Balaban J connectivity index is 1.78. The van der Waals surface area contributed by atoms with Crippen LogP contribution < -0.4 is 9.47 Å². The average Bonchev–Trinajstić information content (AvgIpc) is 3.34. The van der Waals surface area contributed by atoms with Crippen LogP contribution in [0.25, 0.3) is 22.6 Å². The summed E-state index contributed by atoms with van der Waals surface area (Å²) < 4.78 is 16.7. The van der Waals surface area contributed by atoms with E-state index in [1.165, 1.54) is 11.9 Å². The van der Waals surface area contributed by atoms with Crippen molar-refractivity contribution < 1.29 is 33.8 Å². The van der Waals surface area contributed by atoms with Crippen molar-refractivity contribution in [3.8, 4) is 34.1 Å². The number of carbonyl (C=O) groups excluding carboxylic acids is 1. The molecule has 1 aliphatic rings. The van der Waals surface area contributed by atoms with E-state index < -0.39 is 17.4 Å². The number of urea groups is 1. The lowest BCUT2D eigenvalue weighted by Crippen LogP contribution is -2.51. The molecule has 0 unspecified atom stereocenters. The highest BCUT2D eigenvalue weighted by Crippen LogP contribution is 2.42. The van der Waals surface area contributed by atoms with Gasteiger partial charge in [-0.05, 0) is 61.4 Å². The van der Waals surface area contributed by atoms with Crippen molar-refractivity contribution in [1.82, 2.24) is 14.9 Å². The van der Waals surface area contributed by atoms with E-state index >= 15 is 0 Å². The van der Waals surface area contributed by atoms with Crippen LogP contribution in [-0.4, -0.2) is 71.6 Å². The van der Waals surface area contributed by atoms with Crippen molar-refractivity contribution >= 4 is 12.0 Å². The van der Waals surface area contributed by atoms with Gasteiger partial charge >= 0.3 is 12.0 Å². The van der Waals surface area contributed by atoms with Gasteiger partial charge in [-0.25, -0.2) is 14.8 Å².